The predicted octanol–water partition coefficient (Wildman–Crippen LogP) is 2.69. The molecule has 0 fully saturated rings. The van der Waals surface area contributed by atoms with Gasteiger partial charge >= 0.3 is 6.18 Å². The Bertz CT molecular complexity index is 377. The van der Waals surface area contributed by atoms with Crippen molar-refractivity contribution in [2.75, 3.05) is 14.2 Å². The van der Waals surface area contributed by atoms with E-state index in [0.29, 0.717) is 5.75 Å². The van der Waals surface area contributed by atoms with Crippen LogP contribution >= 0.6 is 0 Å². The number of aliphatic hydroxyl groups excluding tert-OH is 1. The number of alkyl halides is 3. The van der Waals surface area contributed by atoms with E-state index in [1.807, 2.05) is 0 Å². The van der Waals surface area contributed by atoms with E-state index in [9.17, 15) is 18.3 Å². The standard InChI is InChI=1S/C11H13F3O3/c1-16-7-3-4-10(17-2)8(5-7)9(15)6-11(12,13)14/h3-5,9,15H,6H2,1-2H3. The van der Waals surface area contributed by atoms with E-state index in [0.717, 1.165) is 0 Å². The van der Waals surface area contributed by atoms with Crippen LogP contribution in [-0.4, -0.2) is 25.5 Å². The average molecular weight is 250 g/mol. The predicted molar refractivity (Wildman–Crippen MR) is 55.2 cm³/mol. The Labute approximate surface area is 96.8 Å². The van der Waals surface area contributed by atoms with Crippen LogP contribution < -0.4 is 9.47 Å². The molecule has 0 spiro atoms. The quantitative estimate of drug-likeness (QED) is 0.892. The minimum absolute atomic E-state index is 0.0594. The molecule has 0 saturated heterocycles. The minimum atomic E-state index is -4.44. The van der Waals surface area contributed by atoms with Gasteiger partial charge in [-0.3, -0.25) is 0 Å². The zero-order valence-electron chi connectivity index (χ0n) is 9.41. The Kier molecular flexibility index (Phi) is 4.22. The zero-order valence-corrected chi connectivity index (χ0v) is 9.41. The van der Waals surface area contributed by atoms with Gasteiger partial charge in [0.05, 0.1) is 26.7 Å². The number of aliphatic hydroxyl groups is 1. The summed E-state index contributed by atoms with van der Waals surface area (Å²) in [5.74, 6) is 0.560. The number of ether oxygens (including phenoxy) is 2. The number of halogens is 3. The molecular formula is C11H13F3O3. The Hall–Kier alpha value is -1.43. The third kappa shape index (κ3) is 3.81. The van der Waals surface area contributed by atoms with Crippen molar-refractivity contribution >= 4 is 0 Å². The van der Waals surface area contributed by atoms with Gasteiger partial charge in [-0.25, -0.2) is 0 Å². The molecule has 0 aromatic heterocycles. The Balaban J connectivity index is 3.01. The topological polar surface area (TPSA) is 38.7 Å². The summed E-state index contributed by atoms with van der Waals surface area (Å²) in [6.07, 6.45) is -7.43. The monoisotopic (exact) mass is 250 g/mol. The van der Waals surface area contributed by atoms with Crippen molar-refractivity contribution in [3.05, 3.63) is 23.8 Å². The highest BCUT2D eigenvalue weighted by Crippen LogP contribution is 2.35. The van der Waals surface area contributed by atoms with E-state index in [1.165, 1.54) is 26.4 Å². The normalized spacial score (nSPS) is 13.3. The van der Waals surface area contributed by atoms with E-state index in [1.54, 1.807) is 6.07 Å². The SMILES string of the molecule is COc1ccc(OC)c(C(O)CC(F)(F)F)c1. The summed E-state index contributed by atoms with van der Waals surface area (Å²) in [6.45, 7) is 0. The highest BCUT2D eigenvalue weighted by molar-refractivity contribution is 5.41. The van der Waals surface area contributed by atoms with Crippen molar-refractivity contribution in [3.8, 4) is 11.5 Å². The lowest BCUT2D eigenvalue weighted by molar-refractivity contribution is -0.154. The third-order valence-corrected chi connectivity index (χ3v) is 2.22. The van der Waals surface area contributed by atoms with Crippen molar-refractivity contribution in [1.82, 2.24) is 0 Å². The second-order valence-corrected chi connectivity index (χ2v) is 3.44. The summed E-state index contributed by atoms with van der Waals surface area (Å²) in [6, 6.07) is 4.33. The molecule has 0 bridgehead atoms. The Morgan fingerprint density at radius 1 is 1.24 bits per heavy atom. The lowest BCUT2D eigenvalue weighted by Crippen LogP contribution is -2.14. The van der Waals surface area contributed by atoms with Crippen molar-refractivity contribution < 1.29 is 27.8 Å². The summed E-state index contributed by atoms with van der Waals surface area (Å²) in [4.78, 5) is 0. The van der Waals surface area contributed by atoms with E-state index >= 15 is 0 Å². The van der Waals surface area contributed by atoms with Crippen LogP contribution in [0.15, 0.2) is 18.2 Å². The summed E-state index contributed by atoms with van der Waals surface area (Å²) < 4.78 is 46.3. The fourth-order valence-electron chi connectivity index (χ4n) is 1.43. The molecule has 1 aromatic rings. The minimum Gasteiger partial charge on any atom is -0.497 e. The smallest absolute Gasteiger partial charge is 0.391 e. The largest absolute Gasteiger partial charge is 0.497 e. The summed E-state index contributed by atoms with van der Waals surface area (Å²) >= 11 is 0. The van der Waals surface area contributed by atoms with E-state index in [2.05, 4.69) is 0 Å². The molecule has 1 N–H and O–H groups in total. The molecule has 96 valence electrons. The molecule has 0 amide bonds. The van der Waals surface area contributed by atoms with Gasteiger partial charge < -0.3 is 14.6 Å². The first-order chi connectivity index (χ1) is 7.87. The van der Waals surface area contributed by atoms with Crippen LogP contribution in [0.2, 0.25) is 0 Å². The first-order valence-electron chi connectivity index (χ1n) is 4.84. The van der Waals surface area contributed by atoms with Crippen LogP contribution in [0.4, 0.5) is 13.2 Å². The maximum absolute atomic E-state index is 12.2. The second-order valence-electron chi connectivity index (χ2n) is 3.44. The van der Waals surface area contributed by atoms with Crippen molar-refractivity contribution in [1.29, 1.82) is 0 Å². The number of methoxy groups -OCH3 is 2. The molecule has 6 heteroatoms. The summed E-state index contributed by atoms with van der Waals surface area (Å²) in [7, 11) is 2.72. The maximum atomic E-state index is 12.2. The Morgan fingerprint density at radius 3 is 2.35 bits per heavy atom. The molecule has 17 heavy (non-hydrogen) atoms. The molecule has 0 heterocycles. The number of benzene rings is 1. The van der Waals surface area contributed by atoms with Crippen LogP contribution in [0.1, 0.15) is 18.1 Å². The molecule has 1 aromatic carbocycles. The van der Waals surface area contributed by atoms with Gasteiger partial charge in [0.2, 0.25) is 0 Å². The van der Waals surface area contributed by atoms with Gasteiger partial charge in [0.15, 0.2) is 0 Å². The van der Waals surface area contributed by atoms with Gasteiger partial charge in [0, 0.05) is 5.56 Å². The van der Waals surface area contributed by atoms with Gasteiger partial charge in [-0.15, -0.1) is 0 Å². The molecule has 1 atom stereocenters. The van der Waals surface area contributed by atoms with Crippen molar-refractivity contribution in [3.63, 3.8) is 0 Å². The fourth-order valence-corrected chi connectivity index (χ4v) is 1.43. The molecule has 0 saturated carbocycles. The van der Waals surface area contributed by atoms with Gasteiger partial charge in [0.1, 0.15) is 11.5 Å². The third-order valence-electron chi connectivity index (χ3n) is 2.22. The van der Waals surface area contributed by atoms with Gasteiger partial charge in [-0.05, 0) is 18.2 Å². The van der Waals surface area contributed by atoms with Crippen LogP contribution in [0.5, 0.6) is 11.5 Å². The van der Waals surface area contributed by atoms with Crippen molar-refractivity contribution in [2.24, 2.45) is 0 Å². The summed E-state index contributed by atoms with van der Waals surface area (Å²) in [5.41, 5.74) is 0.0594. The molecule has 0 aliphatic carbocycles. The van der Waals surface area contributed by atoms with Crippen LogP contribution in [0, 0.1) is 0 Å². The van der Waals surface area contributed by atoms with E-state index in [-0.39, 0.29) is 11.3 Å². The second kappa shape index (κ2) is 5.27. The fraction of sp³-hybridized carbons (Fsp3) is 0.455. The highest BCUT2D eigenvalue weighted by Gasteiger charge is 2.33. The summed E-state index contributed by atoms with van der Waals surface area (Å²) in [5, 5.41) is 9.53. The Morgan fingerprint density at radius 2 is 1.88 bits per heavy atom. The van der Waals surface area contributed by atoms with E-state index in [4.69, 9.17) is 9.47 Å². The van der Waals surface area contributed by atoms with Crippen LogP contribution in [0.3, 0.4) is 0 Å². The van der Waals surface area contributed by atoms with Crippen LogP contribution in [0.25, 0.3) is 0 Å². The van der Waals surface area contributed by atoms with Crippen LogP contribution in [-0.2, 0) is 0 Å². The first kappa shape index (κ1) is 13.6. The molecule has 1 rings (SSSR count). The van der Waals surface area contributed by atoms with Crippen molar-refractivity contribution in [2.45, 2.75) is 18.7 Å². The van der Waals surface area contributed by atoms with Gasteiger partial charge in [0.25, 0.3) is 0 Å². The first-order valence-corrected chi connectivity index (χ1v) is 4.84. The molecule has 0 radical (unpaired) electrons. The number of hydrogen-bond donors (Lipinski definition) is 1. The van der Waals surface area contributed by atoms with Gasteiger partial charge in [-0.1, -0.05) is 0 Å². The average Bonchev–Trinajstić information content (AvgIpc) is 2.25. The molecular weight excluding hydrogens is 237 g/mol. The molecule has 0 aliphatic heterocycles. The maximum Gasteiger partial charge on any atom is 0.391 e. The highest BCUT2D eigenvalue weighted by atomic mass is 19.4. The molecule has 0 aliphatic rings. The molecule has 1 unspecified atom stereocenters. The lowest BCUT2D eigenvalue weighted by atomic mass is 10.0. The lowest BCUT2D eigenvalue weighted by Gasteiger charge is -2.17. The zero-order chi connectivity index (χ0) is 13.1. The van der Waals surface area contributed by atoms with Gasteiger partial charge in [-0.2, -0.15) is 13.2 Å². The number of hydrogen-bond acceptors (Lipinski definition) is 3. The van der Waals surface area contributed by atoms with E-state index < -0.39 is 18.7 Å². The number of rotatable bonds is 4. The molecule has 3 nitrogen and oxygen atoms in total.